The van der Waals surface area contributed by atoms with E-state index in [1.165, 1.54) is 0 Å². The summed E-state index contributed by atoms with van der Waals surface area (Å²) in [6.45, 7) is 2.27. The minimum Gasteiger partial charge on any atom is -0.492 e. The zero-order valence-electron chi connectivity index (χ0n) is 17.5. The Bertz CT molecular complexity index is 899. The van der Waals surface area contributed by atoms with Gasteiger partial charge in [-0.15, -0.1) is 0 Å². The number of rotatable bonds is 6. The third kappa shape index (κ3) is 5.50. The molecule has 168 valence electrons. The molecule has 2 aromatic rings. The quantitative estimate of drug-likeness (QED) is 0.453. The topological polar surface area (TPSA) is 126 Å². The second kappa shape index (κ2) is 9.89. The van der Waals surface area contributed by atoms with Gasteiger partial charge in [-0.05, 0) is 56.6 Å². The molecule has 0 aromatic carbocycles. The number of nitrogens with two attached hydrogens (primary N) is 1. The summed E-state index contributed by atoms with van der Waals surface area (Å²) in [7, 11) is 0. The summed E-state index contributed by atoms with van der Waals surface area (Å²) in [5, 5.41) is 27.4. The van der Waals surface area contributed by atoms with Gasteiger partial charge in [0.2, 0.25) is 11.8 Å². The van der Waals surface area contributed by atoms with Crippen molar-refractivity contribution in [2.75, 3.05) is 30.4 Å². The van der Waals surface area contributed by atoms with Crippen LogP contribution in [0.4, 0.5) is 11.5 Å². The molecule has 3 heterocycles. The Morgan fingerprint density at radius 3 is 2.55 bits per heavy atom. The van der Waals surface area contributed by atoms with Crippen LogP contribution in [0.1, 0.15) is 38.5 Å². The minimum absolute atomic E-state index is 0.0675. The van der Waals surface area contributed by atoms with E-state index in [0.29, 0.717) is 28.6 Å². The normalized spacial score (nSPS) is 22.3. The molecule has 0 amide bonds. The largest absolute Gasteiger partial charge is 0.492 e. The van der Waals surface area contributed by atoms with Crippen LogP contribution >= 0.6 is 11.6 Å². The highest BCUT2D eigenvalue weighted by molar-refractivity contribution is 6.34. The predicted molar refractivity (Wildman–Crippen MR) is 122 cm³/mol. The zero-order valence-corrected chi connectivity index (χ0v) is 18.2. The number of anilines is 2. The van der Waals surface area contributed by atoms with Gasteiger partial charge in [0.1, 0.15) is 10.8 Å². The molecule has 0 radical (unpaired) electrons. The number of halogens is 1. The maximum absolute atomic E-state index is 10.3. The first-order valence-electron chi connectivity index (χ1n) is 10.9. The van der Waals surface area contributed by atoms with Gasteiger partial charge in [-0.25, -0.2) is 4.98 Å². The van der Waals surface area contributed by atoms with E-state index in [1.54, 1.807) is 12.3 Å². The lowest BCUT2D eigenvalue weighted by atomic mass is 9.92. The molecule has 1 saturated carbocycles. The second-order valence-corrected chi connectivity index (χ2v) is 8.86. The van der Waals surface area contributed by atoms with Crippen LogP contribution in [-0.4, -0.2) is 52.0 Å². The molecule has 9 heteroatoms. The number of nitrogens with one attached hydrogen (secondary N) is 2. The Morgan fingerprint density at radius 1 is 1.06 bits per heavy atom. The molecule has 2 fully saturated rings. The molecule has 2 aromatic heterocycles. The highest BCUT2D eigenvalue weighted by Crippen LogP contribution is 2.38. The SMILES string of the molecule is N[C@H]1CC[C@H](Nc2cc(-c3cnc(O)c(NCC4CCOCC4)c3)c(Cl)c(O)n2)CC1. The molecule has 0 atom stereocenters. The summed E-state index contributed by atoms with van der Waals surface area (Å²) in [4.78, 5) is 8.31. The Morgan fingerprint density at radius 2 is 1.81 bits per heavy atom. The summed E-state index contributed by atoms with van der Waals surface area (Å²) in [6, 6.07) is 4.13. The fraction of sp³-hybridized carbons (Fsp3) is 0.545. The average molecular weight is 448 g/mol. The molecule has 1 aliphatic carbocycles. The maximum atomic E-state index is 10.3. The predicted octanol–water partition coefficient (Wildman–Crippen LogP) is 3.73. The Labute approximate surface area is 187 Å². The molecule has 2 aliphatic rings. The van der Waals surface area contributed by atoms with Crippen molar-refractivity contribution in [3.05, 3.63) is 23.4 Å². The van der Waals surface area contributed by atoms with Crippen molar-refractivity contribution in [3.63, 3.8) is 0 Å². The smallest absolute Gasteiger partial charge is 0.234 e. The average Bonchev–Trinajstić information content (AvgIpc) is 2.78. The molecule has 0 unspecified atom stereocenters. The number of hydrogen-bond donors (Lipinski definition) is 5. The van der Waals surface area contributed by atoms with Gasteiger partial charge in [-0.1, -0.05) is 11.6 Å². The Balaban J connectivity index is 1.53. The third-order valence-electron chi connectivity index (χ3n) is 6.16. The molecular weight excluding hydrogens is 418 g/mol. The number of pyridine rings is 2. The van der Waals surface area contributed by atoms with Crippen LogP contribution in [0.3, 0.4) is 0 Å². The maximum Gasteiger partial charge on any atom is 0.234 e. The number of nitrogens with zero attached hydrogens (tertiary/aromatic N) is 2. The molecule has 1 aliphatic heterocycles. The van der Waals surface area contributed by atoms with Crippen LogP contribution in [0.2, 0.25) is 5.02 Å². The Hall–Kier alpha value is -2.29. The van der Waals surface area contributed by atoms with Crippen molar-refractivity contribution in [1.82, 2.24) is 9.97 Å². The summed E-state index contributed by atoms with van der Waals surface area (Å²) < 4.78 is 5.40. The van der Waals surface area contributed by atoms with Gasteiger partial charge in [-0.2, -0.15) is 4.98 Å². The number of aromatic hydroxyl groups is 2. The van der Waals surface area contributed by atoms with Gasteiger partial charge in [0.25, 0.3) is 0 Å². The highest BCUT2D eigenvalue weighted by atomic mass is 35.5. The second-order valence-electron chi connectivity index (χ2n) is 8.48. The summed E-state index contributed by atoms with van der Waals surface area (Å²) in [5.41, 5.74) is 7.81. The molecule has 31 heavy (non-hydrogen) atoms. The van der Waals surface area contributed by atoms with E-state index >= 15 is 0 Å². The van der Waals surface area contributed by atoms with Crippen LogP contribution in [0, 0.1) is 5.92 Å². The lowest BCUT2D eigenvalue weighted by Gasteiger charge is -2.27. The van der Waals surface area contributed by atoms with Crippen LogP contribution in [0.25, 0.3) is 11.1 Å². The van der Waals surface area contributed by atoms with E-state index in [9.17, 15) is 10.2 Å². The van der Waals surface area contributed by atoms with E-state index in [-0.39, 0.29) is 28.9 Å². The van der Waals surface area contributed by atoms with E-state index in [1.807, 2.05) is 6.07 Å². The first kappa shape index (κ1) is 21.9. The van der Waals surface area contributed by atoms with Crippen molar-refractivity contribution in [2.45, 2.75) is 50.6 Å². The summed E-state index contributed by atoms with van der Waals surface area (Å²) in [6.07, 6.45) is 7.38. The number of aromatic nitrogens is 2. The van der Waals surface area contributed by atoms with Gasteiger partial charge in [0.05, 0.1) is 5.69 Å². The van der Waals surface area contributed by atoms with E-state index in [4.69, 9.17) is 22.1 Å². The lowest BCUT2D eigenvalue weighted by Crippen LogP contribution is -2.33. The molecular formula is C22H30ClN5O3. The highest BCUT2D eigenvalue weighted by Gasteiger charge is 2.21. The van der Waals surface area contributed by atoms with Crippen molar-refractivity contribution < 1.29 is 14.9 Å². The monoisotopic (exact) mass is 447 g/mol. The summed E-state index contributed by atoms with van der Waals surface area (Å²) in [5.74, 6) is 0.744. The minimum atomic E-state index is -0.237. The first-order valence-corrected chi connectivity index (χ1v) is 11.3. The fourth-order valence-corrected chi connectivity index (χ4v) is 4.42. The van der Waals surface area contributed by atoms with Crippen molar-refractivity contribution in [2.24, 2.45) is 11.7 Å². The van der Waals surface area contributed by atoms with E-state index in [2.05, 4.69) is 20.6 Å². The third-order valence-corrected chi connectivity index (χ3v) is 6.54. The molecule has 6 N–H and O–H groups in total. The first-order chi connectivity index (χ1) is 15.0. The number of hydrogen-bond acceptors (Lipinski definition) is 8. The number of ether oxygens (including phenoxy) is 1. The van der Waals surface area contributed by atoms with Gasteiger partial charge < -0.3 is 31.3 Å². The molecule has 8 nitrogen and oxygen atoms in total. The van der Waals surface area contributed by atoms with Gasteiger partial charge in [-0.3, -0.25) is 0 Å². The van der Waals surface area contributed by atoms with Gasteiger partial charge >= 0.3 is 0 Å². The van der Waals surface area contributed by atoms with Crippen LogP contribution in [0.5, 0.6) is 11.8 Å². The Kier molecular flexibility index (Phi) is 6.99. The molecule has 1 saturated heterocycles. The van der Waals surface area contributed by atoms with Crippen LogP contribution in [0.15, 0.2) is 18.3 Å². The van der Waals surface area contributed by atoms with Crippen molar-refractivity contribution in [3.8, 4) is 22.9 Å². The van der Waals surface area contributed by atoms with E-state index < -0.39 is 0 Å². The van der Waals surface area contributed by atoms with E-state index in [0.717, 1.165) is 58.3 Å². The molecule has 0 bridgehead atoms. The van der Waals surface area contributed by atoms with Gasteiger partial charge in [0.15, 0.2) is 0 Å². The van der Waals surface area contributed by atoms with Gasteiger partial charge in [0, 0.05) is 49.2 Å². The zero-order chi connectivity index (χ0) is 21.8. The lowest BCUT2D eigenvalue weighted by molar-refractivity contribution is 0.0699. The molecule has 4 rings (SSSR count). The van der Waals surface area contributed by atoms with Crippen molar-refractivity contribution in [1.29, 1.82) is 0 Å². The van der Waals surface area contributed by atoms with Crippen LogP contribution in [-0.2, 0) is 4.74 Å². The van der Waals surface area contributed by atoms with Crippen molar-refractivity contribution >= 4 is 23.1 Å². The fourth-order valence-electron chi connectivity index (χ4n) is 4.21. The standard InChI is InChI=1S/C22H30ClN5O3/c23-20-17(10-19(28-22(20)30)27-16-3-1-15(24)2-4-16)14-9-18(21(29)26-12-14)25-11-13-5-7-31-8-6-13/h9-10,12-13,15-16,25H,1-8,11,24H2,(H,26,29)(H2,27,28,30)/t15-,16-. The van der Waals surface area contributed by atoms with Crippen LogP contribution < -0.4 is 16.4 Å². The summed E-state index contributed by atoms with van der Waals surface area (Å²) >= 11 is 6.37. The molecule has 0 spiro atoms.